The number of fused-ring (bicyclic) bond motifs is 1. The van der Waals surface area contributed by atoms with Crippen LogP contribution in [0.4, 0.5) is 5.69 Å². The van der Waals surface area contributed by atoms with E-state index in [0.717, 1.165) is 38.0 Å². The highest BCUT2D eigenvalue weighted by Gasteiger charge is 2.21. The van der Waals surface area contributed by atoms with Crippen molar-refractivity contribution in [2.24, 2.45) is 0 Å². The van der Waals surface area contributed by atoms with Crippen molar-refractivity contribution in [2.45, 2.75) is 36.5 Å². The summed E-state index contributed by atoms with van der Waals surface area (Å²) in [5, 5.41) is 3.46. The van der Waals surface area contributed by atoms with E-state index in [1.54, 1.807) is 0 Å². The molecular weight excluding hydrogens is 230 g/mol. The molecule has 0 bridgehead atoms. The maximum absolute atomic E-state index is 11.3. The molecule has 2 nitrogen and oxygen atoms in total. The number of nitrogens with one attached hydrogen (secondary N) is 1. The van der Waals surface area contributed by atoms with Crippen LogP contribution in [0.1, 0.15) is 37.2 Å². The van der Waals surface area contributed by atoms with Crippen LogP contribution in [-0.4, -0.2) is 18.1 Å². The van der Waals surface area contributed by atoms with Crippen molar-refractivity contribution >= 4 is 23.2 Å². The van der Waals surface area contributed by atoms with Gasteiger partial charge in [0.1, 0.15) is 5.78 Å². The second kappa shape index (κ2) is 4.73. The molecule has 1 saturated carbocycles. The van der Waals surface area contributed by atoms with Crippen LogP contribution in [0, 0.1) is 0 Å². The largest absolute Gasteiger partial charge is 0.383 e. The van der Waals surface area contributed by atoms with E-state index in [0.29, 0.717) is 11.7 Å². The number of benzene rings is 1. The van der Waals surface area contributed by atoms with Crippen molar-refractivity contribution in [3.63, 3.8) is 0 Å². The summed E-state index contributed by atoms with van der Waals surface area (Å²) in [6.45, 7) is 1.06. The number of carbonyl (C=O) groups excluding carboxylic acids is 1. The number of anilines is 1. The van der Waals surface area contributed by atoms with E-state index in [4.69, 9.17) is 0 Å². The zero-order valence-electron chi connectivity index (χ0n) is 9.87. The summed E-state index contributed by atoms with van der Waals surface area (Å²) < 4.78 is 0. The Hall–Kier alpha value is -0.960. The predicted octanol–water partition coefficient (Wildman–Crippen LogP) is 3.43. The molecule has 1 aliphatic heterocycles. The molecule has 3 rings (SSSR count). The van der Waals surface area contributed by atoms with E-state index in [2.05, 4.69) is 23.5 Å². The fraction of sp³-hybridized carbons (Fsp3) is 0.500. The van der Waals surface area contributed by atoms with Crippen molar-refractivity contribution in [3.8, 4) is 0 Å². The second-order valence-electron chi connectivity index (χ2n) is 4.84. The average Bonchev–Trinajstić information content (AvgIpc) is 2.39. The zero-order chi connectivity index (χ0) is 11.7. The minimum Gasteiger partial charge on any atom is -0.383 e. The quantitative estimate of drug-likeness (QED) is 0.824. The molecule has 90 valence electrons. The average molecular weight is 247 g/mol. The third-order valence-electron chi connectivity index (χ3n) is 3.69. The Kier molecular flexibility index (Phi) is 3.10. The van der Waals surface area contributed by atoms with Crippen LogP contribution in [0.5, 0.6) is 0 Å². The lowest BCUT2D eigenvalue weighted by molar-refractivity contribution is -0.120. The normalized spacial score (nSPS) is 20.8. The van der Waals surface area contributed by atoms with Gasteiger partial charge in [-0.05, 0) is 36.5 Å². The van der Waals surface area contributed by atoms with Gasteiger partial charge in [0.2, 0.25) is 0 Å². The molecule has 0 atom stereocenters. The van der Waals surface area contributed by atoms with Gasteiger partial charge >= 0.3 is 0 Å². The molecule has 0 radical (unpaired) electrons. The van der Waals surface area contributed by atoms with E-state index >= 15 is 0 Å². The SMILES string of the molecule is O=C1CCC(c2ccc3c(c2)NCCS3)CC1. The van der Waals surface area contributed by atoms with Crippen LogP contribution in [0.15, 0.2) is 23.1 Å². The molecule has 1 aromatic rings. The Bertz CT molecular complexity index is 434. The molecule has 3 heteroatoms. The van der Waals surface area contributed by atoms with Crippen molar-refractivity contribution in [3.05, 3.63) is 23.8 Å². The molecular formula is C14H17NOS. The lowest BCUT2D eigenvalue weighted by Crippen LogP contribution is -2.14. The fourth-order valence-corrected chi connectivity index (χ4v) is 3.56. The van der Waals surface area contributed by atoms with Gasteiger partial charge in [0.15, 0.2) is 0 Å². The first kappa shape index (κ1) is 11.1. The molecule has 0 unspecified atom stereocenters. The van der Waals surface area contributed by atoms with Crippen LogP contribution in [0.2, 0.25) is 0 Å². The maximum atomic E-state index is 11.3. The van der Waals surface area contributed by atoms with Crippen molar-refractivity contribution in [2.75, 3.05) is 17.6 Å². The van der Waals surface area contributed by atoms with Crippen LogP contribution in [0.3, 0.4) is 0 Å². The lowest BCUT2D eigenvalue weighted by Gasteiger charge is -2.24. The van der Waals surface area contributed by atoms with Crippen molar-refractivity contribution in [1.82, 2.24) is 0 Å². The highest BCUT2D eigenvalue weighted by atomic mass is 32.2. The van der Waals surface area contributed by atoms with Crippen molar-refractivity contribution < 1.29 is 4.79 Å². The van der Waals surface area contributed by atoms with Gasteiger partial charge in [0.05, 0.1) is 0 Å². The summed E-state index contributed by atoms with van der Waals surface area (Å²) in [5.41, 5.74) is 2.70. The van der Waals surface area contributed by atoms with E-state index < -0.39 is 0 Å². The second-order valence-corrected chi connectivity index (χ2v) is 5.98. The molecule has 1 heterocycles. The van der Waals surface area contributed by atoms with Crippen LogP contribution >= 0.6 is 11.8 Å². The monoisotopic (exact) mass is 247 g/mol. The topological polar surface area (TPSA) is 29.1 Å². The number of hydrogen-bond acceptors (Lipinski definition) is 3. The van der Waals surface area contributed by atoms with Gasteiger partial charge in [-0.15, -0.1) is 11.8 Å². The zero-order valence-corrected chi connectivity index (χ0v) is 10.7. The van der Waals surface area contributed by atoms with Crippen LogP contribution in [0.25, 0.3) is 0 Å². The summed E-state index contributed by atoms with van der Waals surface area (Å²) in [4.78, 5) is 12.6. The third-order valence-corrected chi connectivity index (χ3v) is 4.77. The van der Waals surface area contributed by atoms with Crippen LogP contribution in [-0.2, 0) is 4.79 Å². The Morgan fingerprint density at radius 1 is 1.24 bits per heavy atom. The predicted molar refractivity (Wildman–Crippen MR) is 71.9 cm³/mol. The molecule has 17 heavy (non-hydrogen) atoms. The molecule has 0 spiro atoms. The minimum atomic E-state index is 0.438. The first-order chi connectivity index (χ1) is 8.33. The minimum absolute atomic E-state index is 0.438. The molecule has 0 amide bonds. The highest BCUT2D eigenvalue weighted by molar-refractivity contribution is 7.99. The third kappa shape index (κ3) is 2.34. The smallest absolute Gasteiger partial charge is 0.132 e. The fourth-order valence-electron chi connectivity index (χ4n) is 2.69. The van der Waals surface area contributed by atoms with Gasteiger partial charge in [-0.3, -0.25) is 4.79 Å². The molecule has 1 N–H and O–H groups in total. The summed E-state index contributed by atoms with van der Waals surface area (Å²) in [5.74, 6) is 2.18. The van der Waals surface area contributed by atoms with E-state index in [1.807, 2.05) is 11.8 Å². The number of ketones is 1. The molecule has 2 aliphatic rings. The molecule has 1 fully saturated rings. The standard InChI is InChI=1S/C14H17NOS/c16-12-4-1-10(2-5-12)11-3-6-14-13(9-11)15-7-8-17-14/h3,6,9-10,15H,1-2,4-5,7-8H2. The Morgan fingerprint density at radius 3 is 2.88 bits per heavy atom. The first-order valence-corrected chi connectivity index (χ1v) is 7.34. The number of carbonyl (C=O) groups is 1. The van der Waals surface area contributed by atoms with Gasteiger partial charge < -0.3 is 5.32 Å². The van der Waals surface area contributed by atoms with Gasteiger partial charge in [-0.1, -0.05) is 6.07 Å². The highest BCUT2D eigenvalue weighted by Crippen LogP contribution is 2.37. The molecule has 1 aliphatic carbocycles. The van der Waals surface area contributed by atoms with E-state index in [1.165, 1.54) is 16.1 Å². The van der Waals surface area contributed by atoms with Gasteiger partial charge in [-0.25, -0.2) is 0 Å². The van der Waals surface area contributed by atoms with Crippen LogP contribution < -0.4 is 5.32 Å². The number of Topliss-reactive ketones (excluding diaryl/α,β-unsaturated/α-hetero) is 1. The van der Waals surface area contributed by atoms with Gasteiger partial charge in [0, 0.05) is 35.7 Å². The Morgan fingerprint density at radius 2 is 2.06 bits per heavy atom. The molecule has 0 saturated heterocycles. The first-order valence-electron chi connectivity index (χ1n) is 6.35. The maximum Gasteiger partial charge on any atom is 0.132 e. The van der Waals surface area contributed by atoms with Gasteiger partial charge in [-0.2, -0.15) is 0 Å². The Labute approximate surface area is 106 Å². The number of rotatable bonds is 1. The lowest BCUT2D eigenvalue weighted by atomic mass is 9.83. The Balaban J connectivity index is 1.81. The number of hydrogen-bond donors (Lipinski definition) is 1. The van der Waals surface area contributed by atoms with E-state index in [9.17, 15) is 4.79 Å². The van der Waals surface area contributed by atoms with Crippen molar-refractivity contribution in [1.29, 1.82) is 0 Å². The van der Waals surface area contributed by atoms with E-state index in [-0.39, 0.29) is 0 Å². The summed E-state index contributed by atoms with van der Waals surface area (Å²) in [6.07, 6.45) is 3.60. The summed E-state index contributed by atoms with van der Waals surface area (Å²) in [7, 11) is 0. The summed E-state index contributed by atoms with van der Waals surface area (Å²) in [6, 6.07) is 6.78. The number of thioether (sulfide) groups is 1. The molecule has 0 aromatic heterocycles. The van der Waals surface area contributed by atoms with Gasteiger partial charge in [0.25, 0.3) is 0 Å². The summed E-state index contributed by atoms with van der Waals surface area (Å²) >= 11 is 1.93. The molecule has 1 aromatic carbocycles.